The van der Waals surface area contributed by atoms with Crippen LogP contribution in [0.2, 0.25) is 0 Å². The summed E-state index contributed by atoms with van der Waals surface area (Å²) in [7, 11) is 1.69. The van der Waals surface area contributed by atoms with Crippen LogP contribution >= 0.6 is 15.9 Å². The van der Waals surface area contributed by atoms with Gasteiger partial charge in [0.1, 0.15) is 11.6 Å². The lowest BCUT2D eigenvalue weighted by atomic mass is 9.94. The number of methoxy groups -OCH3 is 1. The van der Waals surface area contributed by atoms with Gasteiger partial charge >= 0.3 is 0 Å². The second kappa shape index (κ2) is 7.60. The number of hydrogen-bond donors (Lipinski definition) is 0. The third kappa shape index (κ3) is 4.85. The van der Waals surface area contributed by atoms with E-state index in [0.717, 1.165) is 29.5 Å². The van der Waals surface area contributed by atoms with Crippen molar-refractivity contribution in [3.63, 3.8) is 0 Å². The molecule has 0 saturated carbocycles. The van der Waals surface area contributed by atoms with Crippen LogP contribution < -0.4 is 4.74 Å². The number of aryl methyl sites for hydroxylation is 1. The largest absolute Gasteiger partial charge is 0.497 e. The zero-order valence-electron chi connectivity index (χ0n) is 12.4. The lowest BCUT2D eigenvalue weighted by molar-refractivity contribution is 0.413. The third-order valence-corrected chi connectivity index (χ3v) is 4.17. The Morgan fingerprint density at radius 2 is 1.86 bits per heavy atom. The molecule has 2 aromatic rings. The summed E-state index contributed by atoms with van der Waals surface area (Å²) in [6.45, 7) is 2.23. The molecule has 0 saturated heterocycles. The molecule has 0 spiro atoms. The normalized spacial score (nSPS) is 12.2. The molecule has 1 nitrogen and oxygen atoms in total. The summed E-state index contributed by atoms with van der Waals surface area (Å²) in [5, 5.41) is 0. The highest BCUT2D eigenvalue weighted by molar-refractivity contribution is 9.10. The summed E-state index contributed by atoms with van der Waals surface area (Å²) >= 11 is 3.52. The van der Waals surface area contributed by atoms with E-state index in [0.29, 0.717) is 5.92 Å². The zero-order chi connectivity index (χ0) is 15.2. The van der Waals surface area contributed by atoms with Gasteiger partial charge in [-0.3, -0.25) is 0 Å². The van der Waals surface area contributed by atoms with Gasteiger partial charge in [-0.25, -0.2) is 4.39 Å². The van der Waals surface area contributed by atoms with Crippen molar-refractivity contribution in [2.24, 2.45) is 0 Å². The minimum absolute atomic E-state index is 0.173. The Kier molecular flexibility index (Phi) is 5.80. The van der Waals surface area contributed by atoms with Crippen LogP contribution in [0.15, 0.2) is 46.9 Å². The summed E-state index contributed by atoms with van der Waals surface area (Å²) < 4.78 is 19.2. The van der Waals surface area contributed by atoms with Gasteiger partial charge in [0.25, 0.3) is 0 Å². The number of rotatable bonds is 6. The first kappa shape index (κ1) is 16.0. The molecule has 0 radical (unpaired) electrons. The van der Waals surface area contributed by atoms with Gasteiger partial charge in [0, 0.05) is 4.47 Å². The average molecular weight is 351 g/mol. The number of halogens is 2. The lowest BCUT2D eigenvalue weighted by Crippen LogP contribution is -1.97. The van der Waals surface area contributed by atoms with Crippen molar-refractivity contribution >= 4 is 15.9 Å². The predicted molar refractivity (Wildman–Crippen MR) is 88.4 cm³/mol. The molecule has 2 aromatic carbocycles. The highest BCUT2D eigenvalue weighted by Gasteiger charge is 2.08. The molecule has 0 N–H and O–H groups in total. The monoisotopic (exact) mass is 350 g/mol. The van der Waals surface area contributed by atoms with E-state index in [2.05, 4.69) is 35.0 Å². The highest BCUT2D eigenvalue weighted by atomic mass is 79.9. The number of hydrogen-bond acceptors (Lipinski definition) is 1. The molecule has 1 unspecified atom stereocenters. The maximum atomic E-state index is 12.9. The van der Waals surface area contributed by atoms with Gasteiger partial charge in [-0.1, -0.05) is 35.0 Å². The summed E-state index contributed by atoms with van der Waals surface area (Å²) in [4.78, 5) is 0. The molecule has 0 heterocycles. The van der Waals surface area contributed by atoms with Crippen molar-refractivity contribution in [1.29, 1.82) is 0 Å². The predicted octanol–water partition coefficient (Wildman–Crippen LogP) is 5.72. The van der Waals surface area contributed by atoms with Crippen molar-refractivity contribution in [1.82, 2.24) is 0 Å². The molecule has 0 bridgehead atoms. The Labute approximate surface area is 134 Å². The first-order valence-corrected chi connectivity index (χ1v) is 7.96. The van der Waals surface area contributed by atoms with E-state index in [4.69, 9.17) is 4.74 Å². The van der Waals surface area contributed by atoms with E-state index >= 15 is 0 Å². The van der Waals surface area contributed by atoms with E-state index in [9.17, 15) is 4.39 Å². The molecule has 2 rings (SSSR count). The van der Waals surface area contributed by atoms with E-state index in [1.54, 1.807) is 7.11 Å². The van der Waals surface area contributed by atoms with E-state index in [1.807, 2.05) is 18.2 Å². The molecule has 0 aliphatic rings. The van der Waals surface area contributed by atoms with Gasteiger partial charge in [0.15, 0.2) is 0 Å². The molecule has 0 aromatic heterocycles. The van der Waals surface area contributed by atoms with Crippen molar-refractivity contribution in [2.45, 2.75) is 32.1 Å². The molecule has 1 atom stereocenters. The molecule has 0 amide bonds. The first-order chi connectivity index (χ1) is 10.1. The maximum absolute atomic E-state index is 12.9. The molecule has 0 aliphatic carbocycles. The average Bonchev–Trinajstić information content (AvgIpc) is 2.48. The van der Waals surface area contributed by atoms with E-state index in [1.165, 1.54) is 23.3 Å². The fourth-order valence-corrected chi connectivity index (χ4v) is 2.91. The molecule has 21 heavy (non-hydrogen) atoms. The van der Waals surface area contributed by atoms with E-state index in [-0.39, 0.29) is 5.82 Å². The lowest BCUT2D eigenvalue weighted by Gasteiger charge is -2.14. The fraction of sp³-hybridized carbons (Fsp3) is 0.333. The van der Waals surface area contributed by atoms with Crippen LogP contribution in [0.4, 0.5) is 4.39 Å². The van der Waals surface area contributed by atoms with Crippen LogP contribution in [-0.4, -0.2) is 7.11 Å². The van der Waals surface area contributed by atoms with Crippen molar-refractivity contribution in [3.05, 3.63) is 63.9 Å². The SMILES string of the molecule is COc1cc(Br)cc(C(C)CCCc2ccc(F)cc2)c1. The van der Waals surface area contributed by atoms with Crippen LogP contribution in [-0.2, 0) is 6.42 Å². The van der Waals surface area contributed by atoms with Crippen LogP contribution in [0.3, 0.4) is 0 Å². The van der Waals surface area contributed by atoms with Crippen molar-refractivity contribution in [2.75, 3.05) is 7.11 Å². The summed E-state index contributed by atoms with van der Waals surface area (Å²) in [5.74, 6) is 1.18. The quantitative estimate of drug-likeness (QED) is 0.646. The topological polar surface area (TPSA) is 9.23 Å². The minimum Gasteiger partial charge on any atom is -0.497 e. The summed E-state index contributed by atoms with van der Waals surface area (Å²) in [5.41, 5.74) is 2.47. The Bertz CT molecular complexity index is 580. The van der Waals surface area contributed by atoms with Crippen LogP contribution in [0.25, 0.3) is 0 Å². The van der Waals surface area contributed by atoms with Crippen molar-refractivity contribution < 1.29 is 9.13 Å². The van der Waals surface area contributed by atoms with Crippen LogP contribution in [0.1, 0.15) is 36.8 Å². The molecular formula is C18H20BrFO. The standard InChI is InChI=1S/C18H20BrFO/c1-13(15-10-16(19)12-18(11-15)21-2)4-3-5-14-6-8-17(20)9-7-14/h6-13H,3-5H2,1-2H3. The molecule has 3 heteroatoms. The van der Waals surface area contributed by atoms with E-state index < -0.39 is 0 Å². The maximum Gasteiger partial charge on any atom is 0.123 e. The van der Waals surface area contributed by atoms with Gasteiger partial charge in [0.2, 0.25) is 0 Å². The Balaban J connectivity index is 1.91. The molecule has 0 aliphatic heterocycles. The van der Waals surface area contributed by atoms with Crippen LogP contribution in [0, 0.1) is 5.82 Å². The van der Waals surface area contributed by atoms with Gasteiger partial charge in [-0.2, -0.15) is 0 Å². The number of ether oxygens (including phenoxy) is 1. The highest BCUT2D eigenvalue weighted by Crippen LogP contribution is 2.29. The van der Waals surface area contributed by atoms with Gasteiger partial charge in [-0.15, -0.1) is 0 Å². The van der Waals surface area contributed by atoms with Crippen LogP contribution in [0.5, 0.6) is 5.75 Å². The summed E-state index contributed by atoms with van der Waals surface area (Å²) in [6, 6.07) is 13.0. The Hall–Kier alpha value is -1.35. The summed E-state index contributed by atoms with van der Waals surface area (Å²) in [6.07, 6.45) is 3.16. The van der Waals surface area contributed by atoms with Gasteiger partial charge in [-0.05, 0) is 66.6 Å². The first-order valence-electron chi connectivity index (χ1n) is 7.17. The minimum atomic E-state index is -0.173. The third-order valence-electron chi connectivity index (χ3n) is 3.71. The van der Waals surface area contributed by atoms with Crippen molar-refractivity contribution in [3.8, 4) is 5.75 Å². The Morgan fingerprint density at radius 3 is 2.52 bits per heavy atom. The van der Waals surface area contributed by atoms with Gasteiger partial charge < -0.3 is 4.74 Å². The smallest absolute Gasteiger partial charge is 0.123 e. The number of benzene rings is 2. The Morgan fingerprint density at radius 1 is 1.14 bits per heavy atom. The zero-order valence-corrected chi connectivity index (χ0v) is 14.0. The molecular weight excluding hydrogens is 331 g/mol. The molecule has 112 valence electrons. The second-order valence-electron chi connectivity index (χ2n) is 5.34. The fourth-order valence-electron chi connectivity index (χ4n) is 2.42. The van der Waals surface area contributed by atoms with Gasteiger partial charge in [0.05, 0.1) is 7.11 Å². The second-order valence-corrected chi connectivity index (χ2v) is 6.26. The molecule has 0 fully saturated rings.